The predicted octanol–water partition coefficient (Wildman–Crippen LogP) is 3.19. The number of imidazole rings is 1. The lowest BCUT2D eigenvalue weighted by Gasteiger charge is -2.35. The third kappa shape index (κ3) is 3.08. The standard InChI is InChI=1S/C19H22N4/c1-15-7-8-17-18(13-15)21-19(20-17)14-22-9-11-23(12-10-22)16-5-3-2-4-6-16/h2-8,13H,9-12,14H2,1H3,(H,20,21). The third-order valence-electron chi connectivity index (χ3n) is 4.55. The number of rotatable bonds is 3. The van der Waals surface area contributed by atoms with E-state index in [-0.39, 0.29) is 0 Å². The maximum atomic E-state index is 4.71. The largest absolute Gasteiger partial charge is 0.369 e. The van der Waals surface area contributed by atoms with E-state index in [1.165, 1.54) is 11.3 Å². The van der Waals surface area contributed by atoms with E-state index >= 15 is 0 Å². The summed E-state index contributed by atoms with van der Waals surface area (Å²) in [5.41, 5.74) is 4.80. The van der Waals surface area contributed by atoms with Crippen LogP contribution in [-0.2, 0) is 6.54 Å². The van der Waals surface area contributed by atoms with E-state index in [9.17, 15) is 0 Å². The molecular weight excluding hydrogens is 284 g/mol. The number of hydrogen-bond acceptors (Lipinski definition) is 3. The van der Waals surface area contributed by atoms with Gasteiger partial charge in [-0.25, -0.2) is 4.98 Å². The number of aromatic amines is 1. The molecule has 1 aliphatic rings. The number of aromatic nitrogens is 2. The number of para-hydroxylation sites is 1. The molecule has 0 amide bonds. The molecule has 0 saturated carbocycles. The van der Waals surface area contributed by atoms with E-state index in [0.717, 1.165) is 49.6 Å². The molecule has 0 spiro atoms. The number of nitrogens with zero attached hydrogens (tertiary/aromatic N) is 3. The summed E-state index contributed by atoms with van der Waals surface area (Å²) in [6.07, 6.45) is 0. The van der Waals surface area contributed by atoms with Gasteiger partial charge in [0.15, 0.2) is 0 Å². The molecule has 0 aliphatic carbocycles. The van der Waals surface area contributed by atoms with Gasteiger partial charge >= 0.3 is 0 Å². The topological polar surface area (TPSA) is 35.2 Å². The molecule has 0 radical (unpaired) electrons. The normalized spacial score (nSPS) is 16.1. The zero-order valence-corrected chi connectivity index (χ0v) is 13.5. The smallest absolute Gasteiger partial charge is 0.121 e. The van der Waals surface area contributed by atoms with Gasteiger partial charge in [-0.15, -0.1) is 0 Å². The second kappa shape index (κ2) is 6.05. The van der Waals surface area contributed by atoms with Crippen molar-refractivity contribution < 1.29 is 0 Å². The maximum absolute atomic E-state index is 4.71. The van der Waals surface area contributed by atoms with Crippen molar-refractivity contribution in [2.75, 3.05) is 31.1 Å². The number of benzene rings is 2. The molecule has 1 N–H and O–H groups in total. The lowest BCUT2D eigenvalue weighted by Crippen LogP contribution is -2.46. The van der Waals surface area contributed by atoms with Crippen LogP contribution in [-0.4, -0.2) is 41.0 Å². The Kier molecular flexibility index (Phi) is 3.75. The molecule has 4 nitrogen and oxygen atoms in total. The Morgan fingerprint density at radius 1 is 1.00 bits per heavy atom. The first-order valence-corrected chi connectivity index (χ1v) is 8.25. The number of fused-ring (bicyclic) bond motifs is 1. The Morgan fingerprint density at radius 3 is 2.57 bits per heavy atom. The van der Waals surface area contributed by atoms with Gasteiger partial charge < -0.3 is 9.88 Å². The van der Waals surface area contributed by atoms with Gasteiger partial charge in [0, 0.05) is 31.9 Å². The van der Waals surface area contributed by atoms with Gasteiger partial charge in [-0.1, -0.05) is 24.3 Å². The van der Waals surface area contributed by atoms with Crippen LogP contribution in [0.2, 0.25) is 0 Å². The number of aryl methyl sites for hydroxylation is 1. The summed E-state index contributed by atoms with van der Waals surface area (Å²) < 4.78 is 0. The summed E-state index contributed by atoms with van der Waals surface area (Å²) in [7, 11) is 0. The van der Waals surface area contributed by atoms with Crippen molar-refractivity contribution in [1.29, 1.82) is 0 Å². The molecule has 3 aromatic rings. The Morgan fingerprint density at radius 2 is 1.78 bits per heavy atom. The maximum Gasteiger partial charge on any atom is 0.121 e. The number of H-pyrrole nitrogens is 1. The molecule has 118 valence electrons. The molecule has 0 atom stereocenters. The number of piperazine rings is 1. The molecule has 1 fully saturated rings. The molecule has 4 heteroatoms. The average Bonchev–Trinajstić information content (AvgIpc) is 2.97. The monoisotopic (exact) mass is 306 g/mol. The van der Waals surface area contributed by atoms with Crippen LogP contribution in [0.25, 0.3) is 11.0 Å². The van der Waals surface area contributed by atoms with E-state index in [2.05, 4.69) is 70.2 Å². The first kappa shape index (κ1) is 14.3. The molecule has 1 aromatic heterocycles. The van der Waals surface area contributed by atoms with Gasteiger partial charge in [-0.3, -0.25) is 4.90 Å². The molecule has 4 rings (SSSR count). The van der Waals surface area contributed by atoms with E-state index in [1.807, 2.05) is 0 Å². The highest BCUT2D eigenvalue weighted by Gasteiger charge is 2.18. The molecule has 0 unspecified atom stereocenters. The minimum Gasteiger partial charge on any atom is -0.369 e. The lowest BCUT2D eigenvalue weighted by molar-refractivity contribution is 0.245. The van der Waals surface area contributed by atoms with Gasteiger partial charge in [0.25, 0.3) is 0 Å². The van der Waals surface area contributed by atoms with Crippen LogP contribution >= 0.6 is 0 Å². The van der Waals surface area contributed by atoms with Crippen molar-refractivity contribution >= 4 is 16.7 Å². The van der Waals surface area contributed by atoms with Crippen LogP contribution in [0, 0.1) is 6.92 Å². The van der Waals surface area contributed by atoms with E-state index in [0.29, 0.717) is 0 Å². The first-order chi connectivity index (χ1) is 11.3. The Bertz CT molecular complexity index is 785. The van der Waals surface area contributed by atoms with Crippen molar-refractivity contribution in [3.05, 3.63) is 59.9 Å². The number of anilines is 1. The lowest BCUT2D eigenvalue weighted by atomic mass is 10.2. The van der Waals surface area contributed by atoms with Crippen LogP contribution in [0.1, 0.15) is 11.4 Å². The molecule has 1 saturated heterocycles. The molecular formula is C19H22N4. The summed E-state index contributed by atoms with van der Waals surface area (Å²) >= 11 is 0. The first-order valence-electron chi connectivity index (χ1n) is 8.25. The van der Waals surface area contributed by atoms with E-state index in [1.54, 1.807) is 0 Å². The minimum atomic E-state index is 0.899. The zero-order valence-electron chi connectivity index (χ0n) is 13.5. The van der Waals surface area contributed by atoms with Crippen LogP contribution < -0.4 is 4.90 Å². The summed E-state index contributed by atoms with van der Waals surface area (Å²) in [4.78, 5) is 13.1. The fourth-order valence-corrected chi connectivity index (χ4v) is 3.27. The second-order valence-corrected chi connectivity index (χ2v) is 6.30. The van der Waals surface area contributed by atoms with E-state index < -0.39 is 0 Å². The van der Waals surface area contributed by atoms with Gasteiger partial charge in [-0.2, -0.15) is 0 Å². The Balaban J connectivity index is 1.40. The fraction of sp³-hybridized carbons (Fsp3) is 0.316. The summed E-state index contributed by atoms with van der Waals surface area (Å²) in [6.45, 7) is 7.31. The van der Waals surface area contributed by atoms with Crippen molar-refractivity contribution in [2.24, 2.45) is 0 Å². The minimum absolute atomic E-state index is 0.899. The predicted molar refractivity (Wildman–Crippen MR) is 94.8 cm³/mol. The number of nitrogens with one attached hydrogen (secondary N) is 1. The molecule has 2 heterocycles. The van der Waals surface area contributed by atoms with Crippen molar-refractivity contribution in [1.82, 2.24) is 14.9 Å². The second-order valence-electron chi connectivity index (χ2n) is 6.30. The number of hydrogen-bond donors (Lipinski definition) is 1. The van der Waals surface area contributed by atoms with Crippen molar-refractivity contribution in [3.8, 4) is 0 Å². The van der Waals surface area contributed by atoms with Gasteiger partial charge in [-0.05, 0) is 36.8 Å². The SMILES string of the molecule is Cc1ccc2nc(CN3CCN(c4ccccc4)CC3)[nH]c2c1. The van der Waals surface area contributed by atoms with Crippen LogP contribution in [0.3, 0.4) is 0 Å². The molecule has 2 aromatic carbocycles. The third-order valence-corrected chi connectivity index (χ3v) is 4.55. The highest BCUT2D eigenvalue weighted by atomic mass is 15.3. The zero-order chi connectivity index (χ0) is 15.6. The van der Waals surface area contributed by atoms with E-state index in [4.69, 9.17) is 4.98 Å². The Hall–Kier alpha value is -2.33. The molecule has 0 bridgehead atoms. The van der Waals surface area contributed by atoms with Crippen molar-refractivity contribution in [2.45, 2.75) is 13.5 Å². The van der Waals surface area contributed by atoms with Gasteiger partial charge in [0.1, 0.15) is 5.82 Å². The van der Waals surface area contributed by atoms with Gasteiger partial charge in [0.05, 0.1) is 17.6 Å². The average molecular weight is 306 g/mol. The Labute approximate surface area is 136 Å². The van der Waals surface area contributed by atoms with Gasteiger partial charge in [0.2, 0.25) is 0 Å². The fourth-order valence-electron chi connectivity index (χ4n) is 3.27. The van der Waals surface area contributed by atoms with Crippen LogP contribution in [0.4, 0.5) is 5.69 Å². The quantitative estimate of drug-likeness (QED) is 0.807. The highest BCUT2D eigenvalue weighted by molar-refractivity contribution is 5.75. The summed E-state index contributed by atoms with van der Waals surface area (Å²) in [5.74, 6) is 1.07. The molecule has 23 heavy (non-hydrogen) atoms. The van der Waals surface area contributed by atoms with Crippen LogP contribution in [0.15, 0.2) is 48.5 Å². The highest BCUT2D eigenvalue weighted by Crippen LogP contribution is 2.18. The summed E-state index contributed by atoms with van der Waals surface area (Å²) in [6, 6.07) is 17.1. The van der Waals surface area contributed by atoms with Crippen molar-refractivity contribution in [3.63, 3.8) is 0 Å². The van der Waals surface area contributed by atoms with Crippen LogP contribution in [0.5, 0.6) is 0 Å². The molecule has 1 aliphatic heterocycles. The summed E-state index contributed by atoms with van der Waals surface area (Å²) in [5, 5.41) is 0.